The fraction of sp³-hybridized carbons (Fsp3) is 0.538. The number of benzene rings is 1. The van der Waals surface area contributed by atoms with Gasteiger partial charge in [-0.3, -0.25) is 0 Å². The summed E-state index contributed by atoms with van der Waals surface area (Å²) < 4.78 is 1.12. The predicted molar refractivity (Wildman–Crippen MR) is 73.6 cm³/mol. The molecule has 0 amide bonds. The average Bonchev–Trinajstić information content (AvgIpc) is 2.30. The highest BCUT2D eigenvalue weighted by Crippen LogP contribution is 2.15. The van der Waals surface area contributed by atoms with Crippen LogP contribution in [0.1, 0.15) is 25.8 Å². The van der Waals surface area contributed by atoms with Crippen molar-refractivity contribution in [3.8, 4) is 0 Å². The molecule has 0 bridgehead atoms. The Hall–Kier alpha value is -0.380. The van der Waals surface area contributed by atoms with Crippen LogP contribution in [-0.2, 0) is 6.42 Å². The van der Waals surface area contributed by atoms with Gasteiger partial charge in [0.25, 0.3) is 0 Å². The number of hydrogen-bond donors (Lipinski definition) is 2. The van der Waals surface area contributed by atoms with E-state index in [2.05, 4.69) is 59.4 Å². The maximum absolute atomic E-state index is 5.85. The van der Waals surface area contributed by atoms with Crippen molar-refractivity contribution in [3.05, 3.63) is 34.3 Å². The van der Waals surface area contributed by atoms with Crippen molar-refractivity contribution in [3.63, 3.8) is 0 Å². The van der Waals surface area contributed by atoms with Crippen LogP contribution in [-0.4, -0.2) is 18.6 Å². The Kier molecular flexibility index (Phi) is 5.46. The van der Waals surface area contributed by atoms with E-state index in [1.54, 1.807) is 0 Å². The van der Waals surface area contributed by atoms with Gasteiger partial charge in [0.1, 0.15) is 0 Å². The molecule has 0 heterocycles. The first kappa shape index (κ1) is 13.7. The Balaban J connectivity index is 2.64. The molecule has 1 aromatic rings. The number of halogens is 1. The molecule has 1 unspecified atom stereocenters. The topological polar surface area (TPSA) is 38.0 Å². The molecular formula is C13H21BrN2. The molecular weight excluding hydrogens is 264 g/mol. The molecule has 0 aromatic heterocycles. The molecule has 0 radical (unpaired) electrons. The van der Waals surface area contributed by atoms with Gasteiger partial charge in [-0.05, 0) is 44.0 Å². The number of nitrogens with two attached hydrogens (primary N) is 1. The largest absolute Gasteiger partial charge is 0.329 e. The van der Waals surface area contributed by atoms with Crippen molar-refractivity contribution in [1.29, 1.82) is 0 Å². The molecule has 3 heteroatoms. The first-order chi connectivity index (χ1) is 7.59. The summed E-state index contributed by atoms with van der Waals surface area (Å²) in [7, 11) is 0. The maximum Gasteiger partial charge on any atom is 0.0316 e. The van der Waals surface area contributed by atoms with Crippen molar-refractivity contribution in [2.24, 2.45) is 5.73 Å². The molecule has 0 fully saturated rings. The van der Waals surface area contributed by atoms with Crippen molar-refractivity contribution in [1.82, 2.24) is 5.32 Å². The molecule has 90 valence electrons. The summed E-state index contributed by atoms with van der Waals surface area (Å²) in [6, 6.07) is 8.44. The zero-order chi connectivity index (χ0) is 12.0. The number of rotatable bonds is 6. The van der Waals surface area contributed by atoms with Crippen LogP contribution in [0.4, 0.5) is 0 Å². The van der Waals surface area contributed by atoms with Crippen molar-refractivity contribution < 1.29 is 0 Å². The first-order valence-electron chi connectivity index (χ1n) is 5.79. The van der Waals surface area contributed by atoms with Crippen LogP contribution < -0.4 is 11.1 Å². The second-order valence-electron chi connectivity index (χ2n) is 4.49. The Morgan fingerprint density at radius 1 is 1.31 bits per heavy atom. The second-order valence-corrected chi connectivity index (χ2v) is 5.41. The van der Waals surface area contributed by atoms with Gasteiger partial charge in [-0.15, -0.1) is 0 Å². The lowest BCUT2D eigenvalue weighted by Gasteiger charge is -2.29. The molecule has 0 spiro atoms. The van der Waals surface area contributed by atoms with E-state index in [0.717, 1.165) is 23.9 Å². The fourth-order valence-electron chi connectivity index (χ4n) is 1.69. The average molecular weight is 285 g/mol. The van der Waals surface area contributed by atoms with Gasteiger partial charge < -0.3 is 11.1 Å². The van der Waals surface area contributed by atoms with Crippen LogP contribution in [0.3, 0.4) is 0 Å². The third-order valence-corrected chi connectivity index (χ3v) is 3.29. The van der Waals surface area contributed by atoms with Gasteiger partial charge >= 0.3 is 0 Å². The van der Waals surface area contributed by atoms with Gasteiger partial charge in [0.2, 0.25) is 0 Å². The molecule has 1 atom stereocenters. The van der Waals surface area contributed by atoms with E-state index in [1.807, 2.05) is 0 Å². The van der Waals surface area contributed by atoms with E-state index >= 15 is 0 Å². The first-order valence-corrected chi connectivity index (χ1v) is 6.58. The van der Waals surface area contributed by atoms with Crippen molar-refractivity contribution in [2.75, 3.05) is 13.1 Å². The SMILES string of the molecule is CCCNC(C)(CN)Cc1ccc(Br)cc1. The molecule has 0 aliphatic heterocycles. The van der Waals surface area contributed by atoms with Gasteiger partial charge in [-0.2, -0.15) is 0 Å². The minimum Gasteiger partial charge on any atom is -0.329 e. The van der Waals surface area contributed by atoms with Crippen LogP contribution >= 0.6 is 15.9 Å². The third-order valence-electron chi connectivity index (χ3n) is 2.76. The number of hydrogen-bond acceptors (Lipinski definition) is 2. The summed E-state index contributed by atoms with van der Waals surface area (Å²) in [4.78, 5) is 0. The zero-order valence-electron chi connectivity index (χ0n) is 10.1. The van der Waals surface area contributed by atoms with Gasteiger partial charge in [0, 0.05) is 16.6 Å². The Morgan fingerprint density at radius 3 is 2.44 bits per heavy atom. The van der Waals surface area contributed by atoms with E-state index in [1.165, 1.54) is 5.56 Å². The Morgan fingerprint density at radius 2 is 1.94 bits per heavy atom. The minimum atomic E-state index is 0.00381. The van der Waals surface area contributed by atoms with Crippen LogP contribution in [0.5, 0.6) is 0 Å². The lowest BCUT2D eigenvalue weighted by atomic mass is 9.93. The van der Waals surface area contributed by atoms with E-state index < -0.39 is 0 Å². The van der Waals surface area contributed by atoms with E-state index in [4.69, 9.17) is 5.73 Å². The second kappa shape index (κ2) is 6.38. The minimum absolute atomic E-state index is 0.00381. The smallest absolute Gasteiger partial charge is 0.0316 e. The van der Waals surface area contributed by atoms with Crippen LogP contribution in [0.2, 0.25) is 0 Å². The standard InChI is InChI=1S/C13H21BrN2/c1-3-8-16-13(2,10-15)9-11-4-6-12(14)7-5-11/h4-7,16H,3,8-10,15H2,1-2H3. The molecule has 3 N–H and O–H groups in total. The van der Waals surface area contributed by atoms with E-state index in [0.29, 0.717) is 6.54 Å². The number of nitrogens with one attached hydrogen (secondary N) is 1. The summed E-state index contributed by atoms with van der Waals surface area (Å²) in [5, 5.41) is 3.52. The Bertz CT molecular complexity index is 310. The molecule has 0 saturated heterocycles. The van der Waals surface area contributed by atoms with E-state index in [9.17, 15) is 0 Å². The summed E-state index contributed by atoms with van der Waals surface area (Å²) in [5.41, 5.74) is 7.18. The highest BCUT2D eigenvalue weighted by atomic mass is 79.9. The molecule has 0 saturated carbocycles. The molecule has 16 heavy (non-hydrogen) atoms. The summed E-state index contributed by atoms with van der Waals surface area (Å²) in [6.07, 6.45) is 2.10. The van der Waals surface area contributed by atoms with E-state index in [-0.39, 0.29) is 5.54 Å². The molecule has 0 aliphatic carbocycles. The molecule has 2 nitrogen and oxygen atoms in total. The predicted octanol–water partition coefficient (Wildman–Crippen LogP) is 2.71. The van der Waals surface area contributed by atoms with Gasteiger partial charge in [-0.1, -0.05) is 35.0 Å². The highest BCUT2D eigenvalue weighted by Gasteiger charge is 2.21. The maximum atomic E-state index is 5.85. The molecule has 1 aromatic carbocycles. The normalized spacial score (nSPS) is 14.8. The van der Waals surface area contributed by atoms with Crippen LogP contribution in [0, 0.1) is 0 Å². The lowest BCUT2D eigenvalue weighted by Crippen LogP contribution is -2.50. The quantitative estimate of drug-likeness (QED) is 0.843. The van der Waals surface area contributed by atoms with Crippen molar-refractivity contribution >= 4 is 15.9 Å². The van der Waals surface area contributed by atoms with Gasteiger partial charge in [0.15, 0.2) is 0 Å². The van der Waals surface area contributed by atoms with Crippen molar-refractivity contribution in [2.45, 2.75) is 32.2 Å². The zero-order valence-corrected chi connectivity index (χ0v) is 11.7. The summed E-state index contributed by atoms with van der Waals surface area (Å²) in [5.74, 6) is 0. The Labute approximate surface area is 107 Å². The molecule has 0 aliphatic rings. The lowest BCUT2D eigenvalue weighted by molar-refractivity contribution is 0.362. The monoisotopic (exact) mass is 284 g/mol. The highest BCUT2D eigenvalue weighted by molar-refractivity contribution is 9.10. The third kappa shape index (κ3) is 4.24. The van der Waals surface area contributed by atoms with Gasteiger partial charge in [0.05, 0.1) is 0 Å². The van der Waals surface area contributed by atoms with Gasteiger partial charge in [-0.25, -0.2) is 0 Å². The molecule has 1 rings (SSSR count). The fourth-order valence-corrected chi connectivity index (χ4v) is 1.95. The summed E-state index contributed by atoms with van der Waals surface area (Å²) >= 11 is 3.44. The summed E-state index contributed by atoms with van der Waals surface area (Å²) in [6.45, 7) is 6.03. The van der Waals surface area contributed by atoms with Crippen LogP contribution in [0.15, 0.2) is 28.7 Å². The van der Waals surface area contributed by atoms with Crippen LogP contribution in [0.25, 0.3) is 0 Å².